The molecule has 0 saturated heterocycles. The minimum atomic E-state index is 0.490. The van der Waals surface area contributed by atoms with Crippen LogP contribution in [0.4, 0.5) is 0 Å². The number of nitrogens with one attached hydrogen (secondary N) is 1. The van der Waals surface area contributed by atoms with Crippen LogP contribution < -0.4 is 5.32 Å². The molecule has 2 heteroatoms. The summed E-state index contributed by atoms with van der Waals surface area (Å²) in [5.41, 5.74) is 2.29. The van der Waals surface area contributed by atoms with Gasteiger partial charge in [-0.05, 0) is 39.7 Å². The second-order valence-corrected chi connectivity index (χ2v) is 4.50. The molecule has 0 aromatic rings. The molecule has 14 heavy (non-hydrogen) atoms. The summed E-state index contributed by atoms with van der Waals surface area (Å²) >= 11 is 0. The number of hydrogen-bond acceptors (Lipinski definition) is 2. The van der Waals surface area contributed by atoms with E-state index in [0.717, 1.165) is 12.3 Å². The molecule has 0 saturated carbocycles. The van der Waals surface area contributed by atoms with Crippen LogP contribution in [0.5, 0.6) is 0 Å². The molecule has 0 fully saturated rings. The fraction of sp³-hybridized carbons (Fsp3) is 0.750. The third-order valence-electron chi connectivity index (χ3n) is 1.65. The molecule has 0 aliphatic rings. The number of rotatable bonds is 5. The van der Waals surface area contributed by atoms with Crippen molar-refractivity contribution in [3.05, 3.63) is 11.8 Å². The number of nitrogens with zero attached hydrogens (tertiary/aromatic N) is 1. The van der Waals surface area contributed by atoms with Crippen molar-refractivity contribution in [3.63, 3.8) is 0 Å². The third-order valence-corrected chi connectivity index (χ3v) is 1.65. The van der Waals surface area contributed by atoms with Crippen LogP contribution in [0.2, 0.25) is 0 Å². The highest BCUT2D eigenvalue weighted by Gasteiger charge is 1.94. The topological polar surface area (TPSA) is 24.4 Å². The first-order chi connectivity index (χ1) is 6.41. The summed E-state index contributed by atoms with van der Waals surface area (Å²) in [6, 6.07) is 0.490. The molecule has 82 valence electrons. The van der Waals surface area contributed by atoms with Crippen molar-refractivity contribution in [3.8, 4) is 0 Å². The van der Waals surface area contributed by atoms with E-state index in [1.54, 1.807) is 0 Å². The Bertz CT molecular complexity index is 212. The standard InChI is InChI=1S/C12H24N2/c1-9(2)8-13-11(5)7-12(6)14-10(3)4/h7,9-10,14H,8H2,1-6H3/b12-7-,13-11?. The zero-order valence-electron chi connectivity index (χ0n) is 10.4. The summed E-state index contributed by atoms with van der Waals surface area (Å²) in [7, 11) is 0. The van der Waals surface area contributed by atoms with Gasteiger partial charge in [0.2, 0.25) is 0 Å². The van der Waals surface area contributed by atoms with E-state index < -0.39 is 0 Å². The zero-order chi connectivity index (χ0) is 11.1. The van der Waals surface area contributed by atoms with Crippen LogP contribution in [0.15, 0.2) is 16.8 Å². The molecule has 1 N–H and O–H groups in total. The predicted molar refractivity (Wildman–Crippen MR) is 64.8 cm³/mol. The first kappa shape index (κ1) is 13.2. The molecule has 0 bridgehead atoms. The Morgan fingerprint density at radius 1 is 1.21 bits per heavy atom. The second-order valence-electron chi connectivity index (χ2n) is 4.50. The highest BCUT2D eigenvalue weighted by atomic mass is 14.9. The molecular weight excluding hydrogens is 172 g/mol. The van der Waals surface area contributed by atoms with Crippen LogP contribution in [0, 0.1) is 5.92 Å². The van der Waals surface area contributed by atoms with Crippen molar-refractivity contribution in [2.45, 2.75) is 47.6 Å². The van der Waals surface area contributed by atoms with Crippen LogP contribution in [0.3, 0.4) is 0 Å². The summed E-state index contributed by atoms with van der Waals surface area (Å²) in [5, 5.41) is 3.34. The van der Waals surface area contributed by atoms with Gasteiger partial charge < -0.3 is 5.32 Å². The SMILES string of the molecule is CC(/C=C(/C)NC(C)C)=NCC(C)C. The molecule has 0 aromatic carbocycles. The van der Waals surface area contributed by atoms with Crippen LogP contribution in [-0.2, 0) is 0 Å². The van der Waals surface area contributed by atoms with Gasteiger partial charge in [0, 0.05) is 24.0 Å². The van der Waals surface area contributed by atoms with Gasteiger partial charge in [-0.15, -0.1) is 0 Å². The minimum absolute atomic E-state index is 0.490. The van der Waals surface area contributed by atoms with Crippen molar-refractivity contribution < 1.29 is 0 Å². The Morgan fingerprint density at radius 3 is 2.21 bits per heavy atom. The molecular formula is C12H24N2. The molecule has 0 rings (SSSR count). The van der Waals surface area contributed by atoms with Crippen LogP contribution >= 0.6 is 0 Å². The normalized spacial score (nSPS) is 14.0. The molecule has 0 amide bonds. The van der Waals surface area contributed by atoms with Gasteiger partial charge in [0.15, 0.2) is 0 Å². The number of allylic oxidation sites excluding steroid dienone is 2. The van der Waals surface area contributed by atoms with E-state index in [0.29, 0.717) is 12.0 Å². The lowest BCUT2D eigenvalue weighted by molar-refractivity contribution is 0.663. The fourth-order valence-electron chi connectivity index (χ4n) is 1.18. The molecule has 0 aliphatic carbocycles. The minimum Gasteiger partial charge on any atom is -0.386 e. The first-order valence-electron chi connectivity index (χ1n) is 5.37. The van der Waals surface area contributed by atoms with E-state index in [1.165, 1.54) is 5.70 Å². The second kappa shape index (κ2) is 6.63. The Morgan fingerprint density at radius 2 is 1.79 bits per heavy atom. The molecule has 0 unspecified atom stereocenters. The van der Waals surface area contributed by atoms with Crippen LogP contribution in [0.1, 0.15) is 41.5 Å². The smallest absolute Gasteiger partial charge is 0.0415 e. The van der Waals surface area contributed by atoms with Gasteiger partial charge in [0.25, 0.3) is 0 Å². The summed E-state index contributed by atoms with van der Waals surface area (Å²) in [5.74, 6) is 0.636. The van der Waals surface area contributed by atoms with Gasteiger partial charge in [-0.3, -0.25) is 4.99 Å². The largest absolute Gasteiger partial charge is 0.386 e. The maximum atomic E-state index is 4.47. The highest BCUT2D eigenvalue weighted by molar-refractivity contribution is 5.93. The Kier molecular flexibility index (Phi) is 6.26. The van der Waals surface area contributed by atoms with Crippen LogP contribution in [-0.4, -0.2) is 18.3 Å². The van der Waals surface area contributed by atoms with Crippen molar-refractivity contribution in [1.82, 2.24) is 5.32 Å². The lowest BCUT2D eigenvalue weighted by Crippen LogP contribution is -2.20. The lowest BCUT2D eigenvalue weighted by atomic mass is 10.2. The maximum Gasteiger partial charge on any atom is 0.0415 e. The quantitative estimate of drug-likeness (QED) is 0.672. The molecule has 0 spiro atoms. The van der Waals surface area contributed by atoms with Gasteiger partial charge in [-0.25, -0.2) is 0 Å². The highest BCUT2D eigenvalue weighted by Crippen LogP contribution is 1.96. The predicted octanol–water partition coefficient (Wildman–Crippen LogP) is 3.01. The summed E-state index contributed by atoms with van der Waals surface area (Å²) in [4.78, 5) is 4.47. The maximum absolute atomic E-state index is 4.47. The average molecular weight is 196 g/mol. The van der Waals surface area contributed by atoms with E-state index in [1.807, 2.05) is 6.92 Å². The molecule has 0 aliphatic heterocycles. The van der Waals surface area contributed by atoms with E-state index in [2.05, 4.69) is 51.0 Å². The van der Waals surface area contributed by atoms with E-state index in [-0.39, 0.29) is 0 Å². The van der Waals surface area contributed by atoms with Gasteiger partial charge in [0.05, 0.1) is 0 Å². The Labute approximate surface area is 88.5 Å². The van der Waals surface area contributed by atoms with E-state index in [9.17, 15) is 0 Å². The van der Waals surface area contributed by atoms with Crippen molar-refractivity contribution >= 4 is 5.71 Å². The van der Waals surface area contributed by atoms with Crippen LogP contribution in [0.25, 0.3) is 0 Å². The van der Waals surface area contributed by atoms with Crippen molar-refractivity contribution in [2.24, 2.45) is 10.9 Å². The molecule has 0 radical (unpaired) electrons. The molecule has 0 heterocycles. The third kappa shape index (κ3) is 7.84. The van der Waals surface area contributed by atoms with E-state index in [4.69, 9.17) is 0 Å². The molecule has 2 nitrogen and oxygen atoms in total. The monoisotopic (exact) mass is 196 g/mol. The zero-order valence-corrected chi connectivity index (χ0v) is 10.4. The summed E-state index contributed by atoms with van der Waals surface area (Å²) in [6.07, 6.45) is 2.10. The van der Waals surface area contributed by atoms with Crippen molar-refractivity contribution in [1.29, 1.82) is 0 Å². The fourth-order valence-corrected chi connectivity index (χ4v) is 1.18. The van der Waals surface area contributed by atoms with Gasteiger partial charge in [-0.2, -0.15) is 0 Å². The van der Waals surface area contributed by atoms with Crippen molar-refractivity contribution in [2.75, 3.05) is 6.54 Å². The summed E-state index contributed by atoms with van der Waals surface area (Å²) in [6.45, 7) is 13.7. The number of hydrogen-bond donors (Lipinski definition) is 1. The Balaban J connectivity index is 4.12. The Hall–Kier alpha value is -0.790. The summed E-state index contributed by atoms with van der Waals surface area (Å²) < 4.78 is 0. The molecule has 0 atom stereocenters. The lowest BCUT2D eigenvalue weighted by Gasteiger charge is -2.09. The van der Waals surface area contributed by atoms with Gasteiger partial charge in [-0.1, -0.05) is 13.8 Å². The first-order valence-corrected chi connectivity index (χ1v) is 5.37. The van der Waals surface area contributed by atoms with Gasteiger partial charge in [0.1, 0.15) is 0 Å². The van der Waals surface area contributed by atoms with Gasteiger partial charge >= 0.3 is 0 Å². The average Bonchev–Trinajstić information content (AvgIpc) is 1.98. The van der Waals surface area contributed by atoms with E-state index >= 15 is 0 Å². The number of aliphatic imine (C=N–C) groups is 1. The molecule has 0 aromatic heterocycles.